The fourth-order valence-electron chi connectivity index (χ4n) is 1.72. The summed E-state index contributed by atoms with van der Waals surface area (Å²) in [6.45, 7) is 1.88. The highest BCUT2D eigenvalue weighted by molar-refractivity contribution is 5.91. The van der Waals surface area contributed by atoms with Gasteiger partial charge >= 0.3 is 5.97 Å². The van der Waals surface area contributed by atoms with Crippen LogP contribution in [0.5, 0.6) is 0 Å². The zero-order chi connectivity index (χ0) is 15.4. The van der Waals surface area contributed by atoms with Crippen molar-refractivity contribution in [1.29, 1.82) is 0 Å². The van der Waals surface area contributed by atoms with E-state index >= 15 is 0 Å². The number of hydrogen-bond acceptors (Lipinski definition) is 5. The van der Waals surface area contributed by atoms with Crippen molar-refractivity contribution in [2.75, 3.05) is 6.61 Å². The summed E-state index contributed by atoms with van der Waals surface area (Å²) in [6, 6.07) is 6.29. The molecule has 2 rings (SSSR count). The summed E-state index contributed by atoms with van der Waals surface area (Å²) < 4.78 is 18.7. The van der Waals surface area contributed by atoms with Crippen LogP contribution in [0, 0.1) is 15.9 Å². The molecule has 1 aromatic carbocycles. The van der Waals surface area contributed by atoms with Gasteiger partial charge in [0.1, 0.15) is 12.0 Å². The average molecular weight is 290 g/mol. The van der Waals surface area contributed by atoms with Gasteiger partial charge in [0.15, 0.2) is 0 Å². The third-order valence-corrected chi connectivity index (χ3v) is 2.71. The fourth-order valence-corrected chi connectivity index (χ4v) is 1.72. The topological polar surface area (TPSA) is 82.3 Å². The van der Waals surface area contributed by atoms with Gasteiger partial charge in [-0.1, -0.05) is 0 Å². The van der Waals surface area contributed by atoms with Gasteiger partial charge in [-0.2, -0.15) is 0 Å². The van der Waals surface area contributed by atoms with Gasteiger partial charge < -0.3 is 4.74 Å². The molecule has 0 fully saturated rings. The highest BCUT2D eigenvalue weighted by Gasteiger charge is 2.14. The first-order valence-corrected chi connectivity index (χ1v) is 6.10. The molecule has 0 saturated carbocycles. The first-order valence-electron chi connectivity index (χ1n) is 6.10. The van der Waals surface area contributed by atoms with Gasteiger partial charge in [-0.05, 0) is 31.2 Å². The number of pyridine rings is 1. The molecule has 108 valence electrons. The molecule has 0 radical (unpaired) electrons. The van der Waals surface area contributed by atoms with Crippen molar-refractivity contribution >= 4 is 11.7 Å². The largest absolute Gasteiger partial charge is 0.462 e. The standard InChI is InChI=1S/C14H11FN2O4/c1-2-21-14(18)9-3-5-12(15)11(7-9)13-6-4-10(8-16-13)17(19)20/h3-8H,2H2,1H3. The molecular weight excluding hydrogens is 279 g/mol. The molecular formula is C14H11FN2O4. The molecule has 0 amide bonds. The highest BCUT2D eigenvalue weighted by atomic mass is 19.1. The Morgan fingerprint density at radius 1 is 1.38 bits per heavy atom. The van der Waals surface area contributed by atoms with E-state index in [1.54, 1.807) is 6.92 Å². The van der Waals surface area contributed by atoms with Gasteiger partial charge in [-0.25, -0.2) is 14.2 Å². The lowest BCUT2D eigenvalue weighted by Crippen LogP contribution is -2.05. The number of rotatable bonds is 4. The van der Waals surface area contributed by atoms with Gasteiger partial charge in [0.05, 0.1) is 22.8 Å². The summed E-state index contributed by atoms with van der Waals surface area (Å²) in [4.78, 5) is 25.4. The molecule has 0 aliphatic heterocycles. The number of hydrogen-bond donors (Lipinski definition) is 0. The molecule has 1 heterocycles. The fraction of sp³-hybridized carbons (Fsp3) is 0.143. The summed E-state index contributed by atoms with van der Waals surface area (Å²) in [5.41, 5.74) is 0.272. The minimum Gasteiger partial charge on any atom is -0.462 e. The van der Waals surface area contributed by atoms with E-state index in [1.807, 2.05) is 0 Å². The lowest BCUT2D eigenvalue weighted by atomic mass is 10.1. The number of ether oxygens (including phenoxy) is 1. The van der Waals surface area contributed by atoms with E-state index in [9.17, 15) is 19.3 Å². The zero-order valence-electron chi connectivity index (χ0n) is 11.1. The summed E-state index contributed by atoms with van der Waals surface area (Å²) in [5.74, 6) is -1.15. The van der Waals surface area contributed by atoms with E-state index in [4.69, 9.17) is 4.74 Å². The molecule has 0 aliphatic carbocycles. The predicted octanol–water partition coefficient (Wildman–Crippen LogP) is 2.97. The van der Waals surface area contributed by atoms with Crippen molar-refractivity contribution in [1.82, 2.24) is 4.98 Å². The van der Waals surface area contributed by atoms with E-state index in [2.05, 4.69) is 4.98 Å². The Labute approximate surface area is 119 Å². The van der Waals surface area contributed by atoms with E-state index in [0.717, 1.165) is 12.3 Å². The van der Waals surface area contributed by atoms with Crippen LogP contribution in [0.2, 0.25) is 0 Å². The van der Waals surface area contributed by atoms with Crippen molar-refractivity contribution in [3.8, 4) is 11.3 Å². The third kappa shape index (κ3) is 3.19. The Bertz CT molecular complexity index is 686. The van der Waals surface area contributed by atoms with Crippen LogP contribution in [-0.4, -0.2) is 22.5 Å². The van der Waals surface area contributed by atoms with E-state index in [-0.39, 0.29) is 29.1 Å². The molecule has 2 aromatic rings. The van der Waals surface area contributed by atoms with Crippen molar-refractivity contribution in [2.45, 2.75) is 6.92 Å². The number of aromatic nitrogens is 1. The first-order chi connectivity index (χ1) is 10.0. The molecule has 7 heteroatoms. The normalized spacial score (nSPS) is 10.2. The quantitative estimate of drug-likeness (QED) is 0.491. The van der Waals surface area contributed by atoms with Crippen LogP contribution < -0.4 is 0 Å². The number of benzene rings is 1. The van der Waals surface area contributed by atoms with Gasteiger partial charge in [0, 0.05) is 11.6 Å². The number of halogens is 1. The van der Waals surface area contributed by atoms with E-state index in [1.165, 1.54) is 24.3 Å². The third-order valence-electron chi connectivity index (χ3n) is 2.71. The van der Waals surface area contributed by atoms with Gasteiger partial charge in [0.25, 0.3) is 5.69 Å². The second-order valence-corrected chi connectivity index (χ2v) is 4.07. The molecule has 0 atom stereocenters. The summed E-state index contributed by atoms with van der Waals surface area (Å²) in [6.07, 6.45) is 1.03. The number of nitro groups is 1. The lowest BCUT2D eigenvalue weighted by molar-refractivity contribution is -0.385. The maximum absolute atomic E-state index is 13.8. The van der Waals surface area contributed by atoms with Crippen LogP contribution in [0.1, 0.15) is 17.3 Å². The summed E-state index contributed by atoms with van der Waals surface area (Å²) >= 11 is 0. The predicted molar refractivity (Wildman–Crippen MR) is 72.2 cm³/mol. The Kier molecular flexibility index (Phi) is 4.22. The van der Waals surface area contributed by atoms with Crippen LogP contribution in [0.15, 0.2) is 36.5 Å². The smallest absolute Gasteiger partial charge is 0.338 e. The van der Waals surface area contributed by atoms with Crippen LogP contribution in [0.25, 0.3) is 11.3 Å². The van der Waals surface area contributed by atoms with Crippen LogP contribution >= 0.6 is 0 Å². The number of esters is 1. The minimum atomic E-state index is -0.595. The van der Waals surface area contributed by atoms with Crippen molar-refractivity contribution in [2.24, 2.45) is 0 Å². The molecule has 1 aromatic heterocycles. The van der Waals surface area contributed by atoms with Crippen LogP contribution in [0.3, 0.4) is 0 Å². The molecule has 6 nitrogen and oxygen atoms in total. The molecule has 0 bridgehead atoms. The highest BCUT2D eigenvalue weighted by Crippen LogP contribution is 2.24. The average Bonchev–Trinajstić information content (AvgIpc) is 2.48. The summed E-state index contributed by atoms with van der Waals surface area (Å²) in [7, 11) is 0. The monoisotopic (exact) mass is 290 g/mol. The van der Waals surface area contributed by atoms with Crippen LogP contribution in [0.4, 0.5) is 10.1 Å². The van der Waals surface area contributed by atoms with Crippen molar-refractivity contribution in [3.63, 3.8) is 0 Å². The van der Waals surface area contributed by atoms with Crippen molar-refractivity contribution in [3.05, 3.63) is 58.0 Å². The molecule has 0 saturated heterocycles. The second-order valence-electron chi connectivity index (χ2n) is 4.07. The Morgan fingerprint density at radius 2 is 2.14 bits per heavy atom. The Balaban J connectivity index is 2.40. The van der Waals surface area contributed by atoms with Crippen LogP contribution in [-0.2, 0) is 4.74 Å². The van der Waals surface area contributed by atoms with E-state index < -0.39 is 16.7 Å². The second kappa shape index (κ2) is 6.08. The maximum atomic E-state index is 13.8. The molecule has 21 heavy (non-hydrogen) atoms. The zero-order valence-corrected chi connectivity index (χ0v) is 11.1. The van der Waals surface area contributed by atoms with E-state index in [0.29, 0.717) is 0 Å². The summed E-state index contributed by atoms with van der Waals surface area (Å²) in [5, 5.41) is 10.6. The van der Waals surface area contributed by atoms with Gasteiger partial charge in [0.2, 0.25) is 0 Å². The number of nitrogens with zero attached hydrogens (tertiary/aromatic N) is 2. The molecule has 0 spiro atoms. The van der Waals surface area contributed by atoms with Gasteiger partial charge in [-0.15, -0.1) is 0 Å². The minimum absolute atomic E-state index is 0.0791. The Morgan fingerprint density at radius 3 is 2.71 bits per heavy atom. The van der Waals surface area contributed by atoms with Gasteiger partial charge in [-0.3, -0.25) is 10.1 Å². The number of carbonyl (C=O) groups is 1. The first kappa shape index (κ1) is 14.6. The molecule has 0 aliphatic rings. The number of carbonyl (C=O) groups excluding carboxylic acids is 1. The SMILES string of the molecule is CCOC(=O)c1ccc(F)c(-c2ccc([N+](=O)[O-])cn2)c1. The lowest BCUT2D eigenvalue weighted by Gasteiger charge is -2.06. The molecule has 0 unspecified atom stereocenters. The Hall–Kier alpha value is -2.83. The molecule has 0 N–H and O–H groups in total. The maximum Gasteiger partial charge on any atom is 0.338 e. The van der Waals surface area contributed by atoms with Crippen molar-refractivity contribution < 1.29 is 18.8 Å².